The third-order valence-corrected chi connectivity index (χ3v) is 1.80. The minimum Gasteiger partial charge on any atom is -0.508 e. The molecule has 0 aliphatic carbocycles. The minimum atomic E-state index is -0.514. The first-order chi connectivity index (χ1) is 5.15. The van der Waals surface area contributed by atoms with Crippen LogP contribution in [0, 0.1) is 13.8 Å². The highest BCUT2D eigenvalue weighted by Gasteiger charge is 2.01. The molecule has 0 fully saturated rings. The van der Waals surface area contributed by atoms with Gasteiger partial charge >= 0.3 is 0 Å². The number of rotatable bonds is 1. The maximum absolute atomic E-state index is 12.2. The van der Waals surface area contributed by atoms with Crippen LogP contribution >= 0.6 is 0 Å². The lowest BCUT2D eigenvalue weighted by molar-refractivity contribution is 0.458. The molecule has 1 nitrogen and oxygen atoms in total. The zero-order valence-electron chi connectivity index (χ0n) is 6.69. The molecule has 0 aromatic heterocycles. The van der Waals surface area contributed by atoms with Crippen molar-refractivity contribution in [2.75, 3.05) is 0 Å². The summed E-state index contributed by atoms with van der Waals surface area (Å²) in [4.78, 5) is 0. The molecule has 2 heteroatoms. The Morgan fingerprint density at radius 1 is 1.27 bits per heavy atom. The molecule has 0 aliphatic rings. The van der Waals surface area contributed by atoms with Gasteiger partial charge in [0, 0.05) is 0 Å². The molecule has 0 saturated heterocycles. The fourth-order valence-corrected chi connectivity index (χ4v) is 1.03. The van der Waals surface area contributed by atoms with Crippen molar-refractivity contribution in [3.63, 3.8) is 0 Å². The second kappa shape index (κ2) is 2.91. The normalized spacial score (nSPS) is 10.1. The van der Waals surface area contributed by atoms with Gasteiger partial charge in [0.1, 0.15) is 12.4 Å². The third kappa shape index (κ3) is 1.50. The van der Waals surface area contributed by atoms with Crippen LogP contribution in [0.1, 0.15) is 16.7 Å². The van der Waals surface area contributed by atoms with E-state index in [9.17, 15) is 9.50 Å². The lowest BCUT2D eigenvalue weighted by atomic mass is 10.1. The zero-order chi connectivity index (χ0) is 8.43. The van der Waals surface area contributed by atoms with E-state index >= 15 is 0 Å². The summed E-state index contributed by atoms with van der Waals surface area (Å²) in [6.07, 6.45) is 0. The lowest BCUT2D eigenvalue weighted by Crippen LogP contribution is -1.86. The van der Waals surface area contributed by atoms with Gasteiger partial charge in [0.2, 0.25) is 0 Å². The maximum atomic E-state index is 12.2. The van der Waals surface area contributed by atoms with E-state index in [0.29, 0.717) is 5.56 Å². The standard InChI is InChI=1S/C9H11FO/c1-6-3-7(2)9(11)4-8(6)5-10/h3-4,11H,5H2,1-2H3. The fraction of sp³-hybridized carbons (Fsp3) is 0.333. The summed E-state index contributed by atoms with van der Waals surface area (Å²) < 4.78 is 12.2. The molecular formula is C9H11FO. The molecule has 1 N–H and O–H groups in total. The maximum Gasteiger partial charge on any atom is 0.118 e. The highest BCUT2D eigenvalue weighted by Crippen LogP contribution is 2.21. The van der Waals surface area contributed by atoms with Gasteiger partial charge in [-0.05, 0) is 36.6 Å². The number of benzene rings is 1. The molecule has 0 radical (unpaired) electrons. The van der Waals surface area contributed by atoms with Gasteiger partial charge in [-0.25, -0.2) is 4.39 Å². The van der Waals surface area contributed by atoms with Crippen LogP contribution in [0.5, 0.6) is 5.75 Å². The molecule has 1 aromatic rings. The number of phenols is 1. The van der Waals surface area contributed by atoms with Gasteiger partial charge < -0.3 is 5.11 Å². The van der Waals surface area contributed by atoms with Crippen molar-refractivity contribution in [3.05, 3.63) is 28.8 Å². The highest BCUT2D eigenvalue weighted by atomic mass is 19.1. The predicted molar refractivity (Wildman–Crippen MR) is 42.4 cm³/mol. The van der Waals surface area contributed by atoms with Crippen LogP contribution in [0.15, 0.2) is 12.1 Å². The van der Waals surface area contributed by atoms with Crippen molar-refractivity contribution in [1.29, 1.82) is 0 Å². The van der Waals surface area contributed by atoms with Crippen LogP contribution in [-0.4, -0.2) is 5.11 Å². The van der Waals surface area contributed by atoms with E-state index in [2.05, 4.69) is 0 Å². The number of hydrogen-bond acceptors (Lipinski definition) is 1. The average molecular weight is 154 g/mol. The monoisotopic (exact) mass is 154 g/mol. The molecule has 60 valence electrons. The van der Waals surface area contributed by atoms with E-state index < -0.39 is 6.67 Å². The number of halogens is 1. The summed E-state index contributed by atoms with van der Waals surface area (Å²) in [5, 5.41) is 9.19. The third-order valence-electron chi connectivity index (χ3n) is 1.80. The van der Waals surface area contributed by atoms with Crippen molar-refractivity contribution in [1.82, 2.24) is 0 Å². The second-order valence-corrected chi connectivity index (χ2v) is 2.70. The van der Waals surface area contributed by atoms with Gasteiger partial charge in [-0.2, -0.15) is 0 Å². The molecule has 0 bridgehead atoms. The first kappa shape index (κ1) is 8.05. The topological polar surface area (TPSA) is 20.2 Å². The predicted octanol–water partition coefficient (Wildman–Crippen LogP) is 2.48. The molecule has 11 heavy (non-hydrogen) atoms. The summed E-state index contributed by atoms with van der Waals surface area (Å²) in [5.74, 6) is 0.170. The van der Waals surface area contributed by atoms with Crippen LogP contribution in [0.3, 0.4) is 0 Å². The molecule has 1 aromatic carbocycles. The Labute approximate surface area is 65.5 Å². The van der Waals surface area contributed by atoms with Gasteiger partial charge in [0.05, 0.1) is 0 Å². The van der Waals surface area contributed by atoms with Crippen molar-refractivity contribution in [2.45, 2.75) is 20.5 Å². The lowest BCUT2D eigenvalue weighted by Gasteiger charge is -2.04. The van der Waals surface area contributed by atoms with Gasteiger partial charge in [-0.3, -0.25) is 0 Å². The van der Waals surface area contributed by atoms with Crippen LogP contribution in [0.4, 0.5) is 4.39 Å². The SMILES string of the molecule is Cc1cc(C)c(CF)cc1O. The molecule has 0 atom stereocenters. The second-order valence-electron chi connectivity index (χ2n) is 2.70. The van der Waals surface area contributed by atoms with E-state index in [4.69, 9.17) is 0 Å². The molecular weight excluding hydrogens is 143 g/mol. The molecule has 0 unspecified atom stereocenters. The quantitative estimate of drug-likeness (QED) is 0.658. The summed E-state index contributed by atoms with van der Waals surface area (Å²) in [6, 6.07) is 3.26. The van der Waals surface area contributed by atoms with Crippen molar-refractivity contribution in [2.24, 2.45) is 0 Å². The number of hydrogen-bond donors (Lipinski definition) is 1. The number of phenolic OH excluding ortho intramolecular Hbond substituents is 1. The Morgan fingerprint density at radius 3 is 2.45 bits per heavy atom. The first-order valence-electron chi connectivity index (χ1n) is 3.50. The van der Waals surface area contributed by atoms with Gasteiger partial charge in [0.25, 0.3) is 0 Å². The van der Waals surface area contributed by atoms with Crippen LogP contribution in [0.2, 0.25) is 0 Å². The van der Waals surface area contributed by atoms with Crippen molar-refractivity contribution in [3.8, 4) is 5.75 Å². The van der Waals surface area contributed by atoms with Crippen LogP contribution < -0.4 is 0 Å². The van der Waals surface area contributed by atoms with E-state index in [1.54, 1.807) is 13.0 Å². The molecule has 1 rings (SSSR count). The van der Waals surface area contributed by atoms with E-state index in [-0.39, 0.29) is 5.75 Å². The van der Waals surface area contributed by atoms with Crippen LogP contribution in [0.25, 0.3) is 0 Å². The van der Waals surface area contributed by atoms with Crippen molar-refractivity contribution >= 4 is 0 Å². The molecule has 0 heterocycles. The number of aryl methyl sites for hydroxylation is 2. The van der Waals surface area contributed by atoms with Gasteiger partial charge in [-0.1, -0.05) is 6.07 Å². The van der Waals surface area contributed by atoms with Crippen LogP contribution in [-0.2, 0) is 6.67 Å². The summed E-state index contributed by atoms with van der Waals surface area (Å²) in [6.45, 7) is 3.12. The summed E-state index contributed by atoms with van der Waals surface area (Å²) in [5.41, 5.74) is 2.25. The summed E-state index contributed by atoms with van der Waals surface area (Å²) in [7, 11) is 0. The smallest absolute Gasteiger partial charge is 0.118 e. The molecule has 0 saturated carbocycles. The van der Waals surface area contributed by atoms with Crippen molar-refractivity contribution < 1.29 is 9.50 Å². The first-order valence-corrected chi connectivity index (χ1v) is 3.50. The Hall–Kier alpha value is -1.05. The zero-order valence-corrected chi connectivity index (χ0v) is 6.69. The van der Waals surface area contributed by atoms with E-state index in [0.717, 1.165) is 11.1 Å². The Bertz CT molecular complexity index is 269. The summed E-state index contributed by atoms with van der Waals surface area (Å²) >= 11 is 0. The number of aromatic hydroxyl groups is 1. The van der Waals surface area contributed by atoms with Gasteiger partial charge in [0.15, 0.2) is 0 Å². The molecule has 0 spiro atoms. The largest absolute Gasteiger partial charge is 0.508 e. The minimum absolute atomic E-state index is 0.170. The van der Waals surface area contributed by atoms with E-state index in [1.807, 2.05) is 6.92 Å². The van der Waals surface area contributed by atoms with E-state index in [1.165, 1.54) is 6.07 Å². The Balaban J connectivity index is 3.21. The van der Waals surface area contributed by atoms with Gasteiger partial charge in [-0.15, -0.1) is 0 Å². The average Bonchev–Trinajstić information content (AvgIpc) is 1.97. The number of alkyl halides is 1. The molecule has 0 aliphatic heterocycles. The molecule has 0 amide bonds. The fourth-order valence-electron chi connectivity index (χ4n) is 1.03. The highest BCUT2D eigenvalue weighted by molar-refractivity contribution is 5.40. The Morgan fingerprint density at radius 2 is 1.91 bits per heavy atom. The Kier molecular flexibility index (Phi) is 2.13.